The molecular formula is C11H18N4. The molecule has 1 aromatic rings. The molecule has 2 rings (SSSR count). The van der Waals surface area contributed by atoms with Crippen LogP contribution in [0.3, 0.4) is 0 Å². The van der Waals surface area contributed by atoms with Crippen LogP contribution in [0.5, 0.6) is 0 Å². The summed E-state index contributed by atoms with van der Waals surface area (Å²) < 4.78 is 0. The smallest absolute Gasteiger partial charge is 0.134 e. The van der Waals surface area contributed by atoms with Crippen LogP contribution in [0.2, 0.25) is 0 Å². The molecule has 0 radical (unpaired) electrons. The van der Waals surface area contributed by atoms with E-state index < -0.39 is 0 Å². The van der Waals surface area contributed by atoms with Crippen LogP contribution in [0.15, 0.2) is 12.4 Å². The van der Waals surface area contributed by atoms with E-state index in [-0.39, 0.29) is 5.54 Å². The summed E-state index contributed by atoms with van der Waals surface area (Å²) in [6, 6.07) is 2.01. The monoisotopic (exact) mass is 206 g/mol. The van der Waals surface area contributed by atoms with E-state index in [4.69, 9.17) is 0 Å². The van der Waals surface area contributed by atoms with E-state index in [2.05, 4.69) is 34.0 Å². The number of anilines is 2. The zero-order chi connectivity index (χ0) is 10.9. The van der Waals surface area contributed by atoms with Crippen molar-refractivity contribution in [3.05, 3.63) is 12.4 Å². The fourth-order valence-electron chi connectivity index (χ4n) is 2.16. The predicted octanol–water partition coefficient (Wildman–Crippen LogP) is 1.90. The number of aromatic nitrogens is 2. The molecule has 4 heteroatoms. The van der Waals surface area contributed by atoms with E-state index in [0.29, 0.717) is 0 Å². The summed E-state index contributed by atoms with van der Waals surface area (Å²) in [4.78, 5) is 10.8. The molecule has 0 unspecified atom stereocenters. The number of hydrogen-bond donors (Lipinski definition) is 1. The summed E-state index contributed by atoms with van der Waals surface area (Å²) in [6.45, 7) is 5.62. The molecule has 0 aliphatic carbocycles. The van der Waals surface area contributed by atoms with E-state index in [1.165, 1.54) is 12.8 Å². The highest BCUT2D eigenvalue weighted by Gasteiger charge is 2.32. The van der Waals surface area contributed by atoms with Crippen LogP contribution in [-0.4, -0.2) is 29.1 Å². The van der Waals surface area contributed by atoms with Crippen molar-refractivity contribution >= 4 is 11.6 Å². The van der Waals surface area contributed by atoms with Gasteiger partial charge < -0.3 is 10.2 Å². The first-order chi connectivity index (χ1) is 7.13. The Morgan fingerprint density at radius 1 is 1.40 bits per heavy atom. The first-order valence-electron chi connectivity index (χ1n) is 5.41. The van der Waals surface area contributed by atoms with E-state index in [0.717, 1.165) is 18.2 Å². The van der Waals surface area contributed by atoms with Gasteiger partial charge in [0.15, 0.2) is 0 Å². The molecule has 1 N–H and O–H groups in total. The van der Waals surface area contributed by atoms with E-state index in [1.807, 2.05) is 13.1 Å². The minimum atomic E-state index is 0.222. The van der Waals surface area contributed by atoms with Crippen LogP contribution in [0.4, 0.5) is 11.6 Å². The SMILES string of the molecule is CNc1cc(N2CCCC2(C)C)ncn1. The van der Waals surface area contributed by atoms with Gasteiger partial charge in [-0.25, -0.2) is 9.97 Å². The van der Waals surface area contributed by atoms with Gasteiger partial charge in [0.2, 0.25) is 0 Å². The lowest BCUT2D eigenvalue weighted by Crippen LogP contribution is -2.38. The van der Waals surface area contributed by atoms with Crippen LogP contribution in [0.1, 0.15) is 26.7 Å². The van der Waals surface area contributed by atoms with Crippen LogP contribution in [0.25, 0.3) is 0 Å². The molecule has 1 aromatic heterocycles. The lowest BCUT2D eigenvalue weighted by molar-refractivity contribution is 0.514. The first-order valence-corrected chi connectivity index (χ1v) is 5.41. The molecule has 0 bridgehead atoms. The Kier molecular flexibility index (Phi) is 2.50. The van der Waals surface area contributed by atoms with Gasteiger partial charge in [-0.15, -0.1) is 0 Å². The molecule has 0 atom stereocenters. The summed E-state index contributed by atoms with van der Waals surface area (Å²) in [7, 11) is 1.88. The van der Waals surface area contributed by atoms with Crippen LogP contribution < -0.4 is 10.2 Å². The Morgan fingerprint density at radius 2 is 2.20 bits per heavy atom. The zero-order valence-electron chi connectivity index (χ0n) is 9.62. The molecule has 82 valence electrons. The second kappa shape index (κ2) is 3.68. The topological polar surface area (TPSA) is 41.0 Å². The highest BCUT2D eigenvalue weighted by molar-refractivity contribution is 5.50. The van der Waals surface area contributed by atoms with Crippen molar-refractivity contribution in [1.29, 1.82) is 0 Å². The van der Waals surface area contributed by atoms with Gasteiger partial charge in [-0.2, -0.15) is 0 Å². The summed E-state index contributed by atoms with van der Waals surface area (Å²) >= 11 is 0. The molecule has 1 aliphatic rings. The quantitative estimate of drug-likeness (QED) is 0.802. The molecule has 2 heterocycles. The van der Waals surface area contributed by atoms with Crippen molar-refractivity contribution in [2.45, 2.75) is 32.2 Å². The standard InChI is InChI=1S/C11H18N4/c1-11(2)5-4-6-15(11)10-7-9(12-3)13-8-14-10/h7-8H,4-6H2,1-3H3,(H,12,13,14). The van der Waals surface area contributed by atoms with Crippen LogP contribution >= 0.6 is 0 Å². The third-order valence-corrected chi connectivity index (χ3v) is 3.09. The fourth-order valence-corrected chi connectivity index (χ4v) is 2.16. The molecule has 0 spiro atoms. The highest BCUT2D eigenvalue weighted by atomic mass is 15.3. The maximum atomic E-state index is 4.34. The molecule has 4 nitrogen and oxygen atoms in total. The van der Waals surface area contributed by atoms with Gasteiger partial charge >= 0.3 is 0 Å². The molecule has 15 heavy (non-hydrogen) atoms. The predicted molar refractivity (Wildman–Crippen MR) is 62.2 cm³/mol. The maximum Gasteiger partial charge on any atom is 0.134 e. The second-order valence-corrected chi connectivity index (χ2v) is 4.58. The molecule has 0 amide bonds. The van der Waals surface area contributed by atoms with Crippen LogP contribution in [-0.2, 0) is 0 Å². The average molecular weight is 206 g/mol. The van der Waals surface area contributed by atoms with Crippen molar-refractivity contribution in [2.75, 3.05) is 23.8 Å². The van der Waals surface area contributed by atoms with Gasteiger partial charge in [0.05, 0.1) is 0 Å². The molecule has 0 saturated carbocycles. The van der Waals surface area contributed by atoms with Gasteiger partial charge in [-0.3, -0.25) is 0 Å². The summed E-state index contributed by atoms with van der Waals surface area (Å²) in [5.74, 6) is 1.90. The Balaban J connectivity index is 2.29. The minimum Gasteiger partial charge on any atom is -0.373 e. The minimum absolute atomic E-state index is 0.222. The normalized spacial score (nSPS) is 19.3. The largest absolute Gasteiger partial charge is 0.373 e. The second-order valence-electron chi connectivity index (χ2n) is 4.58. The summed E-state index contributed by atoms with van der Waals surface area (Å²) in [6.07, 6.45) is 4.09. The van der Waals surface area contributed by atoms with Gasteiger partial charge in [0, 0.05) is 25.2 Å². The van der Waals surface area contributed by atoms with E-state index >= 15 is 0 Å². The third-order valence-electron chi connectivity index (χ3n) is 3.09. The summed E-state index contributed by atoms with van der Waals surface area (Å²) in [5, 5.41) is 3.04. The Hall–Kier alpha value is -1.32. The van der Waals surface area contributed by atoms with Crippen molar-refractivity contribution in [2.24, 2.45) is 0 Å². The van der Waals surface area contributed by atoms with Crippen molar-refractivity contribution in [3.8, 4) is 0 Å². The number of nitrogens with zero attached hydrogens (tertiary/aromatic N) is 3. The molecular weight excluding hydrogens is 188 g/mol. The van der Waals surface area contributed by atoms with Crippen LogP contribution in [0, 0.1) is 0 Å². The first kappa shape index (κ1) is 10.2. The molecule has 1 fully saturated rings. The lowest BCUT2D eigenvalue weighted by atomic mass is 10.0. The number of nitrogens with one attached hydrogen (secondary N) is 1. The lowest BCUT2D eigenvalue weighted by Gasteiger charge is -2.32. The third kappa shape index (κ3) is 1.89. The van der Waals surface area contributed by atoms with E-state index in [9.17, 15) is 0 Å². The maximum absolute atomic E-state index is 4.34. The van der Waals surface area contributed by atoms with Crippen molar-refractivity contribution in [3.63, 3.8) is 0 Å². The van der Waals surface area contributed by atoms with E-state index in [1.54, 1.807) is 6.33 Å². The summed E-state index contributed by atoms with van der Waals surface area (Å²) in [5.41, 5.74) is 0.222. The van der Waals surface area contributed by atoms with Gasteiger partial charge in [-0.1, -0.05) is 0 Å². The van der Waals surface area contributed by atoms with Gasteiger partial charge in [0.1, 0.15) is 18.0 Å². The Morgan fingerprint density at radius 3 is 2.80 bits per heavy atom. The number of hydrogen-bond acceptors (Lipinski definition) is 4. The number of rotatable bonds is 2. The van der Waals surface area contributed by atoms with Gasteiger partial charge in [0.25, 0.3) is 0 Å². The fraction of sp³-hybridized carbons (Fsp3) is 0.636. The van der Waals surface area contributed by atoms with Gasteiger partial charge in [-0.05, 0) is 26.7 Å². The molecule has 1 saturated heterocycles. The van der Waals surface area contributed by atoms with Crippen molar-refractivity contribution in [1.82, 2.24) is 9.97 Å². The molecule has 0 aromatic carbocycles. The highest BCUT2D eigenvalue weighted by Crippen LogP contribution is 2.32. The Labute approximate surface area is 90.7 Å². The van der Waals surface area contributed by atoms with Crippen molar-refractivity contribution < 1.29 is 0 Å². The molecule has 1 aliphatic heterocycles. The average Bonchev–Trinajstić information content (AvgIpc) is 2.58. The Bertz CT molecular complexity index is 348. The zero-order valence-corrected chi connectivity index (χ0v) is 9.62.